The molecule has 0 amide bonds. The lowest BCUT2D eigenvalue weighted by Crippen LogP contribution is -2.32. The largest absolute Gasteiger partial charge is 0.381 e. The van der Waals surface area contributed by atoms with Gasteiger partial charge in [0.1, 0.15) is 4.90 Å². The summed E-state index contributed by atoms with van der Waals surface area (Å²) >= 11 is 0. The molecule has 1 aromatic heterocycles. The molecule has 1 aliphatic rings. The number of rotatable bonds is 4. The molecule has 6 nitrogen and oxygen atoms in total. The Kier molecular flexibility index (Phi) is 3.60. The summed E-state index contributed by atoms with van der Waals surface area (Å²) in [6, 6.07) is 1.19. The Bertz CT molecular complexity index is 531. The first-order chi connectivity index (χ1) is 8.09. The lowest BCUT2D eigenvalue weighted by Gasteiger charge is -2.09. The van der Waals surface area contributed by atoms with Gasteiger partial charge in [-0.3, -0.25) is 4.79 Å². The molecule has 0 aliphatic carbocycles. The molecule has 94 valence electrons. The van der Waals surface area contributed by atoms with Gasteiger partial charge in [0.05, 0.1) is 6.61 Å². The first kappa shape index (κ1) is 12.3. The third kappa shape index (κ3) is 2.93. The average molecular weight is 258 g/mol. The molecular formula is C10H14N2O4S. The number of H-pyrrole nitrogens is 1. The van der Waals surface area contributed by atoms with E-state index < -0.39 is 15.5 Å². The van der Waals surface area contributed by atoms with Gasteiger partial charge in [-0.05, 0) is 12.3 Å². The second-order valence-electron chi connectivity index (χ2n) is 3.95. The number of pyridine rings is 1. The summed E-state index contributed by atoms with van der Waals surface area (Å²) in [5.74, 6) is 0.188. The van der Waals surface area contributed by atoms with Crippen molar-refractivity contribution >= 4 is 10.0 Å². The highest BCUT2D eigenvalue weighted by atomic mass is 32.2. The zero-order valence-corrected chi connectivity index (χ0v) is 10.00. The fourth-order valence-electron chi connectivity index (χ4n) is 1.66. The van der Waals surface area contributed by atoms with Crippen LogP contribution in [0.5, 0.6) is 0 Å². The van der Waals surface area contributed by atoms with Gasteiger partial charge in [-0.1, -0.05) is 0 Å². The van der Waals surface area contributed by atoms with Crippen molar-refractivity contribution in [3.8, 4) is 0 Å². The van der Waals surface area contributed by atoms with Crippen LogP contribution in [0.1, 0.15) is 6.42 Å². The quantitative estimate of drug-likeness (QED) is 0.775. The summed E-state index contributed by atoms with van der Waals surface area (Å²) in [5, 5.41) is 0. The number of ether oxygens (including phenoxy) is 1. The maximum atomic E-state index is 11.8. The van der Waals surface area contributed by atoms with Gasteiger partial charge < -0.3 is 9.72 Å². The van der Waals surface area contributed by atoms with Crippen LogP contribution >= 0.6 is 0 Å². The van der Waals surface area contributed by atoms with Gasteiger partial charge in [0.2, 0.25) is 15.5 Å². The number of nitrogens with one attached hydrogen (secondary N) is 2. The Morgan fingerprint density at radius 2 is 2.35 bits per heavy atom. The number of hydrogen-bond donors (Lipinski definition) is 2. The summed E-state index contributed by atoms with van der Waals surface area (Å²) in [4.78, 5) is 13.7. The maximum Gasteiger partial charge on any atom is 0.245 e. The molecule has 1 unspecified atom stereocenters. The molecule has 1 aromatic rings. The van der Waals surface area contributed by atoms with Crippen LogP contribution in [0.3, 0.4) is 0 Å². The predicted octanol–water partition coefficient (Wildman–Crippen LogP) is -0.310. The van der Waals surface area contributed by atoms with Crippen molar-refractivity contribution in [3.63, 3.8) is 0 Å². The number of aromatic nitrogens is 1. The van der Waals surface area contributed by atoms with Crippen LogP contribution in [-0.2, 0) is 14.8 Å². The van der Waals surface area contributed by atoms with Crippen molar-refractivity contribution in [2.45, 2.75) is 11.3 Å². The van der Waals surface area contributed by atoms with E-state index in [1.165, 1.54) is 18.5 Å². The molecule has 2 N–H and O–H groups in total. The monoisotopic (exact) mass is 258 g/mol. The summed E-state index contributed by atoms with van der Waals surface area (Å²) in [5.41, 5.74) is -0.515. The molecule has 1 aliphatic heterocycles. The zero-order valence-electron chi connectivity index (χ0n) is 9.18. The van der Waals surface area contributed by atoms with E-state index in [-0.39, 0.29) is 10.8 Å². The Balaban J connectivity index is 2.08. The molecule has 1 fully saturated rings. The summed E-state index contributed by atoms with van der Waals surface area (Å²) in [6.45, 7) is 1.53. The number of aromatic amines is 1. The maximum absolute atomic E-state index is 11.8. The van der Waals surface area contributed by atoms with Gasteiger partial charge in [-0.15, -0.1) is 0 Å². The molecule has 2 heterocycles. The fraction of sp³-hybridized carbons (Fsp3) is 0.500. The van der Waals surface area contributed by atoms with Gasteiger partial charge >= 0.3 is 0 Å². The highest BCUT2D eigenvalue weighted by molar-refractivity contribution is 7.89. The van der Waals surface area contributed by atoms with Crippen molar-refractivity contribution in [2.24, 2.45) is 5.92 Å². The van der Waals surface area contributed by atoms with Crippen molar-refractivity contribution in [3.05, 3.63) is 28.7 Å². The lowest BCUT2D eigenvalue weighted by molar-refractivity contribution is 0.186. The van der Waals surface area contributed by atoms with Gasteiger partial charge in [-0.25, -0.2) is 13.1 Å². The van der Waals surface area contributed by atoms with Crippen LogP contribution in [0.2, 0.25) is 0 Å². The Morgan fingerprint density at radius 3 is 3.00 bits per heavy atom. The predicted molar refractivity (Wildman–Crippen MR) is 61.2 cm³/mol. The lowest BCUT2D eigenvalue weighted by atomic mass is 10.1. The molecule has 0 spiro atoms. The standard InChI is InChI=1S/C10H14N2O4S/c13-9-1-3-11-6-10(9)17(14,15)12-5-8-2-4-16-7-8/h1,3,6,8,12H,2,4-5,7H2,(H,11,13). The van der Waals surface area contributed by atoms with E-state index in [4.69, 9.17) is 4.74 Å². The Hall–Kier alpha value is -1.18. The van der Waals surface area contributed by atoms with Gasteiger partial charge in [0.15, 0.2) is 0 Å². The molecule has 0 bridgehead atoms. The van der Waals surface area contributed by atoms with Crippen LogP contribution in [-0.4, -0.2) is 33.2 Å². The fourth-order valence-corrected chi connectivity index (χ4v) is 2.83. The van der Waals surface area contributed by atoms with E-state index in [2.05, 4.69) is 9.71 Å². The van der Waals surface area contributed by atoms with Crippen molar-refractivity contribution in [1.82, 2.24) is 9.71 Å². The van der Waals surface area contributed by atoms with E-state index in [9.17, 15) is 13.2 Å². The summed E-state index contributed by atoms with van der Waals surface area (Å²) in [7, 11) is -3.73. The normalized spacial score (nSPS) is 20.6. The zero-order chi connectivity index (χ0) is 12.3. The molecule has 0 aromatic carbocycles. The average Bonchev–Trinajstić information content (AvgIpc) is 2.80. The highest BCUT2D eigenvalue weighted by Gasteiger charge is 2.21. The van der Waals surface area contributed by atoms with Gasteiger partial charge in [0, 0.05) is 31.6 Å². The second kappa shape index (κ2) is 4.99. The van der Waals surface area contributed by atoms with E-state index in [0.717, 1.165) is 6.42 Å². The second-order valence-corrected chi connectivity index (χ2v) is 5.69. The van der Waals surface area contributed by atoms with Crippen LogP contribution in [0.4, 0.5) is 0 Å². The molecule has 0 saturated carbocycles. The Morgan fingerprint density at radius 1 is 1.53 bits per heavy atom. The van der Waals surface area contributed by atoms with Gasteiger partial charge in [0.25, 0.3) is 0 Å². The highest BCUT2D eigenvalue weighted by Crippen LogP contribution is 2.11. The van der Waals surface area contributed by atoms with Crippen molar-refractivity contribution < 1.29 is 13.2 Å². The molecule has 7 heteroatoms. The minimum atomic E-state index is -3.73. The number of sulfonamides is 1. The minimum absolute atomic E-state index is 0.188. The van der Waals surface area contributed by atoms with E-state index in [1.807, 2.05) is 0 Å². The summed E-state index contributed by atoms with van der Waals surface area (Å²) < 4.78 is 31.3. The first-order valence-electron chi connectivity index (χ1n) is 5.34. The van der Waals surface area contributed by atoms with E-state index in [0.29, 0.717) is 19.8 Å². The van der Waals surface area contributed by atoms with E-state index >= 15 is 0 Å². The van der Waals surface area contributed by atoms with Crippen LogP contribution in [0.15, 0.2) is 28.2 Å². The molecule has 1 atom stereocenters. The SMILES string of the molecule is O=c1cc[nH]cc1S(=O)(=O)NCC1CCOC1. The molecule has 0 radical (unpaired) electrons. The van der Waals surface area contributed by atoms with Crippen LogP contribution < -0.4 is 10.2 Å². The molecular weight excluding hydrogens is 244 g/mol. The van der Waals surface area contributed by atoms with E-state index in [1.54, 1.807) is 0 Å². The third-order valence-electron chi connectivity index (χ3n) is 2.66. The minimum Gasteiger partial charge on any atom is -0.381 e. The van der Waals surface area contributed by atoms with Crippen LogP contribution in [0, 0.1) is 5.92 Å². The summed E-state index contributed by atoms with van der Waals surface area (Å²) in [6.07, 6.45) is 3.43. The third-order valence-corrected chi connectivity index (χ3v) is 4.11. The molecule has 17 heavy (non-hydrogen) atoms. The van der Waals surface area contributed by atoms with Gasteiger partial charge in [-0.2, -0.15) is 0 Å². The smallest absolute Gasteiger partial charge is 0.245 e. The molecule has 2 rings (SSSR count). The number of hydrogen-bond acceptors (Lipinski definition) is 4. The first-order valence-corrected chi connectivity index (χ1v) is 6.82. The topological polar surface area (TPSA) is 88.3 Å². The molecule has 1 saturated heterocycles. The Labute approximate surface area is 99.1 Å². The van der Waals surface area contributed by atoms with Crippen molar-refractivity contribution in [2.75, 3.05) is 19.8 Å². The van der Waals surface area contributed by atoms with Crippen LogP contribution in [0.25, 0.3) is 0 Å². The van der Waals surface area contributed by atoms with Crippen molar-refractivity contribution in [1.29, 1.82) is 0 Å².